The van der Waals surface area contributed by atoms with Gasteiger partial charge in [-0.15, -0.1) is 0 Å². The van der Waals surface area contributed by atoms with Crippen molar-refractivity contribution >= 4 is 11.7 Å². The summed E-state index contributed by atoms with van der Waals surface area (Å²) >= 11 is 0. The number of hydrogen-bond acceptors (Lipinski definition) is 3. The molecule has 0 fully saturated rings. The van der Waals surface area contributed by atoms with Gasteiger partial charge in [-0.2, -0.15) is 0 Å². The Morgan fingerprint density at radius 1 is 0.964 bits per heavy atom. The normalized spacial score (nSPS) is 13.6. The van der Waals surface area contributed by atoms with Crippen molar-refractivity contribution in [3.05, 3.63) is 77.6 Å². The largest absolute Gasteiger partial charge is 0.494 e. The first-order valence-corrected chi connectivity index (χ1v) is 9.48. The van der Waals surface area contributed by atoms with Crippen LogP contribution in [0.25, 0.3) is 11.1 Å². The molecule has 142 valence electrons. The molecule has 2 aromatic carbocycles. The van der Waals surface area contributed by atoms with Gasteiger partial charge in [0, 0.05) is 31.3 Å². The van der Waals surface area contributed by atoms with Crippen LogP contribution in [0.2, 0.25) is 0 Å². The lowest BCUT2D eigenvalue weighted by Crippen LogP contribution is -2.25. The number of Topliss-reactive ketones (excluding diaryl/α,β-unsaturated/α-hetero) is 1. The first kappa shape index (κ1) is 18.0. The number of amides is 1. The molecule has 1 amide bonds. The Morgan fingerprint density at radius 3 is 2.32 bits per heavy atom. The number of nitrogens with zero attached hydrogens (tertiary/aromatic N) is 1. The molecule has 0 aliphatic carbocycles. The fourth-order valence-electron chi connectivity index (χ4n) is 3.50. The van der Waals surface area contributed by atoms with Gasteiger partial charge in [-0.3, -0.25) is 9.59 Å². The second-order valence-corrected chi connectivity index (χ2v) is 6.79. The van der Waals surface area contributed by atoms with Crippen LogP contribution in [0.3, 0.4) is 0 Å². The average Bonchev–Trinajstić information content (AvgIpc) is 3.07. The maximum absolute atomic E-state index is 12.3. The van der Waals surface area contributed by atoms with E-state index < -0.39 is 0 Å². The number of carbonyl (C=O) groups excluding carboxylic acids is 2. The van der Waals surface area contributed by atoms with Gasteiger partial charge in [0.2, 0.25) is 0 Å². The minimum Gasteiger partial charge on any atom is -0.494 e. The standard InChI is InChI=1S/C23H22N2O3/c1-2-28-19-9-7-18(8-10-19)17-5-3-16(4-6-17)15-25-14-12-20-21(26)11-13-24-23(27)22(20)25/h3-10,12,14H,2,11,13,15H2,1H3,(H,24,27). The Hall–Kier alpha value is -3.34. The van der Waals surface area contributed by atoms with Crippen LogP contribution in [0.5, 0.6) is 5.75 Å². The Bertz CT molecular complexity index is 1000. The summed E-state index contributed by atoms with van der Waals surface area (Å²) in [5, 5.41) is 2.80. The maximum Gasteiger partial charge on any atom is 0.268 e. The lowest BCUT2D eigenvalue weighted by Gasteiger charge is -2.10. The topological polar surface area (TPSA) is 60.3 Å². The monoisotopic (exact) mass is 374 g/mol. The van der Waals surface area contributed by atoms with Crippen LogP contribution < -0.4 is 10.1 Å². The van der Waals surface area contributed by atoms with E-state index in [9.17, 15) is 9.59 Å². The van der Waals surface area contributed by atoms with E-state index in [1.807, 2.05) is 42.0 Å². The van der Waals surface area contributed by atoms with Crippen LogP contribution in [0.15, 0.2) is 60.8 Å². The third kappa shape index (κ3) is 3.56. The van der Waals surface area contributed by atoms with E-state index in [2.05, 4.69) is 29.6 Å². The van der Waals surface area contributed by atoms with Crippen molar-refractivity contribution in [3.8, 4) is 16.9 Å². The zero-order valence-electron chi connectivity index (χ0n) is 15.8. The Morgan fingerprint density at radius 2 is 1.64 bits per heavy atom. The Labute approximate surface area is 163 Å². The van der Waals surface area contributed by atoms with E-state index >= 15 is 0 Å². The number of ketones is 1. The van der Waals surface area contributed by atoms with E-state index in [4.69, 9.17) is 4.74 Å². The molecular weight excluding hydrogens is 352 g/mol. The second-order valence-electron chi connectivity index (χ2n) is 6.79. The predicted octanol–water partition coefficient (Wildman–Crippen LogP) is 3.92. The van der Waals surface area contributed by atoms with Crippen molar-refractivity contribution in [2.45, 2.75) is 19.9 Å². The van der Waals surface area contributed by atoms with E-state index in [-0.39, 0.29) is 11.7 Å². The lowest BCUT2D eigenvalue weighted by atomic mass is 10.0. The minimum atomic E-state index is -0.183. The molecule has 3 aromatic rings. The van der Waals surface area contributed by atoms with Crippen molar-refractivity contribution in [1.29, 1.82) is 0 Å². The predicted molar refractivity (Wildman–Crippen MR) is 108 cm³/mol. The summed E-state index contributed by atoms with van der Waals surface area (Å²) in [6, 6.07) is 18.0. The number of rotatable bonds is 5. The molecule has 0 unspecified atom stereocenters. The highest BCUT2D eigenvalue weighted by Gasteiger charge is 2.24. The lowest BCUT2D eigenvalue weighted by molar-refractivity contribution is 0.0947. The van der Waals surface area contributed by atoms with Gasteiger partial charge in [-0.25, -0.2) is 0 Å². The van der Waals surface area contributed by atoms with Gasteiger partial charge in [0.25, 0.3) is 5.91 Å². The summed E-state index contributed by atoms with van der Waals surface area (Å²) in [4.78, 5) is 24.5. The summed E-state index contributed by atoms with van der Waals surface area (Å²) in [6.07, 6.45) is 2.16. The van der Waals surface area contributed by atoms with E-state index in [0.29, 0.717) is 37.4 Å². The molecule has 0 spiro atoms. The molecule has 1 N–H and O–H groups in total. The van der Waals surface area contributed by atoms with Gasteiger partial charge in [0.1, 0.15) is 11.4 Å². The molecule has 1 aromatic heterocycles. The summed E-state index contributed by atoms with van der Waals surface area (Å²) in [5.74, 6) is 0.693. The van der Waals surface area contributed by atoms with Crippen LogP contribution in [-0.4, -0.2) is 29.4 Å². The summed E-state index contributed by atoms with van der Waals surface area (Å²) in [5.41, 5.74) is 4.28. The average molecular weight is 374 g/mol. The van der Waals surface area contributed by atoms with Crippen LogP contribution >= 0.6 is 0 Å². The molecule has 1 aliphatic heterocycles. The smallest absolute Gasteiger partial charge is 0.268 e. The molecule has 1 aliphatic rings. The molecule has 5 heteroatoms. The second kappa shape index (κ2) is 7.72. The number of nitrogens with one attached hydrogen (secondary N) is 1. The van der Waals surface area contributed by atoms with E-state index in [1.54, 1.807) is 6.07 Å². The van der Waals surface area contributed by atoms with Gasteiger partial charge in [0.15, 0.2) is 5.78 Å². The number of ether oxygens (including phenoxy) is 1. The number of hydrogen-bond donors (Lipinski definition) is 1. The molecule has 4 rings (SSSR count). The molecule has 28 heavy (non-hydrogen) atoms. The molecule has 2 heterocycles. The van der Waals surface area contributed by atoms with Gasteiger partial charge in [-0.05, 0) is 41.8 Å². The molecule has 0 saturated carbocycles. The van der Waals surface area contributed by atoms with Crippen LogP contribution in [0.4, 0.5) is 0 Å². The molecule has 0 radical (unpaired) electrons. The summed E-state index contributed by atoms with van der Waals surface area (Å²) in [7, 11) is 0. The SMILES string of the molecule is CCOc1ccc(-c2ccc(Cn3ccc4c3C(=O)NCCC4=O)cc2)cc1. The zero-order chi connectivity index (χ0) is 19.5. The summed E-state index contributed by atoms with van der Waals surface area (Å²) < 4.78 is 7.33. The van der Waals surface area contributed by atoms with Crippen molar-refractivity contribution < 1.29 is 14.3 Å². The van der Waals surface area contributed by atoms with Crippen LogP contribution in [0, 0.1) is 0 Å². The van der Waals surface area contributed by atoms with E-state index in [1.165, 1.54) is 0 Å². The van der Waals surface area contributed by atoms with Gasteiger partial charge in [0.05, 0.1) is 6.61 Å². The first-order chi connectivity index (χ1) is 13.7. The molecule has 0 atom stereocenters. The summed E-state index contributed by atoms with van der Waals surface area (Å²) in [6.45, 7) is 3.55. The molecular formula is C23H22N2O3. The van der Waals surface area contributed by atoms with Gasteiger partial charge in [-0.1, -0.05) is 36.4 Å². The van der Waals surface area contributed by atoms with E-state index in [0.717, 1.165) is 22.4 Å². The third-order valence-corrected chi connectivity index (χ3v) is 4.92. The van der Waals surface area contributed by atoms with Crippen molar-refractivity contribution in [2.75, 3.05) is 13.2 Å². The molecule has 0 saturated heterocycles. The quantitative estimate of drug-likeness (QED) is 0.736. The first-order valence-electron chi connectivity index (χ1n) is 9.48. The highest BCUT2D eigenvalue weighted by molar-refractivity contribution is 6.09. The van der Waals surface area contributed by atoms with Gasteiger partial charge >= 0.3 is 0 Å². The van der Waals surface area contributed by atoms with Crippen LogP contribution in [-0.2, 0) is 6.54 Å². The highest BCUT2D eigenvalue weighted by Crippen LogP contribution is 2.24. The fourth-order valence-corrected chi connectivity index (χ4v) is 3.50. The number of benzene rings is 2. The highest BCUT2D eigenvalue weighted by atomic mass is 16.5. The van der Waals surface area contributed by atoms with Gasteiger partial charge < -0.3 is 14.6 Å². The third-order valence-electron chi connectivity index (χ3n) is 4.92. The Kier molecular flexibility index (Phi) is 4.98. The van der Waals surface area contributed by atoms with Crippen molar-refractivity contribution in [3.63, 3.8) is 0 Å². The number of fused-ring (bicyclic) bond motifs is 1. The van der Waals surface area contributed by atoms with Crippen molar-refractivity contribution in [2.24, 2.45) is 0 Å². The molecule has 0 bridgehead atoms. The van der Waals surface area contributed by atoms with Crippen LogP contribution in [0.1, 0.15) is 39.8 Å². The van der Waals surface area contributed by atoms with Crippen molar-refractivity contribution in [1.82, 2.24) is 9.88 Å². The molecule has 5 nitrogen and oxygen atoms in total. The Balaban J connectivity index is 1.54. The fraction of sp³-hybridized carbons (Fsp3) is 0.217. The maximum atomic E-state index is 12.3. The minimum absolute atomic E-state index is 0.0120. The number of aromatic nitrogens is 1. The zero-order valence-corrected chi connectivity index (χ0v) is 15.8. The number of carbonyl (C=O) groups is 2.